The topological polar surface area (TPSA) is 83.8 Å². The molecule has 0 spiro atoms. The number of ether oxygens (including phenoxy) is 1. The number of nitrogens with one attached hydrogen (secondary N) is 1. The molecule has 0 bridgehead atoms. The van der Waals surface area contributed by atoms with Crippen molar-refractivity contribution in [1.82, 2.24) is 4.98 Å². The van der Waals surface area contributed by atoms with E-state index in [1.54, 1.807) is 36.5 Å². The van der Waals surface area contributed by atoms with Gasteiger partial charge in [0.1, 0.15) is 5.75 Å². The number of aromatic nitrogens is 1. The molecule has 114 valence electrons. The van der Waals surface area contributed by atoms with Crippen LogP contribution in [-0.2, 0) is 4.79 Å². The molecule has 1 aromatic carbocycles. The van der Waals surface area contributed by atoms with Crippen molar-refractivity contribution in [2.24, 2.45) is 5.10 Å². The average Bonchev–Trinajstić information content (AvgIpc) is 2.48. The Hall–Kier alpha value is -2.31. The molecule has 0 amide bonds. The van der Waals surface area contributed by atoms with Gasteiger partial charge in [-0.2, -0.15) is 5.10 Å². The smallest absolute Gasteiger partial charge is 0.341 e. The van der Waals surface area contributed by atoms with Gasteiger partial charge in [-0.25, -0.2) is 9.78 Å². The van der Waals surface area contributed by atoms with Crippen molar-refractivity contribution in [3.63, 3.8) is 0 Å². The van der Waals surface area contributed by atoms with Crippen molar-refractivity contribution < 1.29 is 14.6 Å². The number of hydrazone groups is 1. The zero-order chi connectivity index (χ0) is 15.9. The summed E-state index contributed by atoms with van der Waals surface area (Å²) in [5.74, 6) is -0.166. The lowest BCUT2D eigenvalue weighted by molar-refractivity contribution is -0.139. The number of nitrogens with zero attached hydrogens (tertiary/aromatic N) is 2. The summed E-state index contributed by atoms with van der Waals surface area (Å²) < 4.78 is 5.02. The standard InChI is InChI=1S/C14H11Cl2N3O3/c15-10-5-12(16)14(17-7-10)19-18-6-9-1-3-11(4-2-9)22-8-13(20)21/h1-7H,8H2,(H,17,19)(H,20,21)/b18-6-. The van der Waals surface area contributed by atoms with Gasteiger partial charge in [-0.1, -0.05) is 23.2 Å². The molecule has 2 aromatic rings. The van der Waals surface area contributed by atoms with Crippen LogP contribution in [0.2, 0.25) is 10.0 Å². The van der Waals surface area contributed by atoms with E-state index in [1.165, 1.54) is 6.20 Å². The molecule has 0 aliphatic rings. The number of benzene rings is 1. The molecule has 22 heavy (non-hydrogen) atoms. The highest BCUT2D eigenvalue weighted by Gasteiger charge is 2.01. The number of anilines is 1. The molecule has 0 fully saturated rings. The van der Waals surface area contributed by atoms with Crippen LogP contribution >= 0.6 is 23.2 Å². The van der Waals surface area contributed by atoms with Crippen molar-refractivity contribution in [3.05, 3.63) is 52.1 Å². The predicted octanol–water partition coefficient (Wildman–Crippen LogP) is 3.30. The highest BCUT2D eigenvalue weighted by atomic mass is 35.5. The van der Waals surface area contributed by atoms with E-state index in [-0.39, 0.29) is 6.61 Å². The summed E-state index contributed by atoms with van der Waals surface area (Å²) in [4.78, 5) is 14.4. The second-order valence-corrected chi connectivity index (χ2v) is 4.95. The molecule has 1 heterocycles. The molecule has 0 unspecified atom stereocenters. The maximum Gasteiger partial charge on any atom is 0.341 e. The number of rotatable bonds is 6. The van der Waals surface area contributed by atoms with Gasteiger partial charge < -0.3 is 9.84 Å². The number of carbonyl (C=O) groups is 1. The lowest BCUT2D eigenvalue weighted by atomic mass is 10.2. The molecule has 0 aliphatic heterocycles. The van der Waals surface area contributed by atoms with Gasteiger partial charge in [0.05, 0.1) is 16.3 Å². The van der Waals surface area contributed by atoms with Crippen LogP contribution in [0.3, 0.4) is 0 Å². The molecule has 0 atom stereocenters. The van der Waals surface area contributed by atoms with Crippen molar-refractivity contribution in [2.75, 3.05) is 12.0 Å². The highest BCUT2D eigenvalue weighted by Crippen LogP contribution is 2.22. The van der Waals surface area contributed by atoms with E-state index in [1.807, 2.05) is 0 Å². The van der Waals surface area contributed by atoms with Crippen LogP contribution < -0.4 is 10.2 Å². The highest BCUT2D eigenvalue weighted by molar-refractivity contribution is 6.35. The van der Waals surface area contributed by atoms with Gasteiger partial charge in [-0.15, -0.1) is 0 Å². The Morgan fingerprint density at radius 3 is 2.73 bits per heavy atom. The van der Waals surface area contributed by atoms with Gasteiger partial charge in [0.15, 0.2) is 12.4 Å². The van der Waals surface area contributed by atoms with Crippen LogP contribution in [-0.4, -0.2) is 28.9 Å². The van der Waals surface area contributed by atoms with E-state index < -0.39 is 5.97 Å². The Bertz CT molecular complexity index is 690. The summed E-state index contributed by atoms with van der Waals surface area (Å²) in [5, 5.41) is 13.3. The van der Waals surface area contributed by atoms with E-state index in [0.717, 1.165) is 5.56 Å². The van der Waals surface area contributed by atoms with Crippen LogP contribution in [0, 0.1) is 0 Å². The number of pyridine rings is 1. The van der Waals surface area contributed by atoms with Crippen molar-refractivity contribution in [3.8, 4) is 5.75 Å². The molecule has 0 aliphatic carbocycles. The maximum absolute atomic E-state index is 10.4. The third-order valence-corrected chi connectivity index (χ3v) is 2.93. The minimum atomic E-state index is -1.03. The Morgan fingerprint density at radius 2 is 2.09 bits per heavy atom. The summed E-state index contributed by atoms with van der Waals surface area (Å²) in [6, 6.07) is 8.33. The van der Waals surface area contributed by atoms with Gasteiger partial charge in [0, 0.05) is 6.20 Å². The van der Waals surface area contributed by atoms with Crippen molar-refractivity contribution >= 4 is 41.2 Å². The lowest BCUT2D eigenvalue weighted by Crippen LogP contribution is -2.09. The maximum atomic E-state index is 10.4. The van der Waals surface area contributed by atoms with Gasteiger partial charge in [0.2, 0.25) is 0 Å². The molecule has 0 saturated carbocycles. The first-order valence-electron chi connectivity index (χ1n) is 6.09. The van der Waals surface area contributed by atoms with Crippen molar-refractivity contribution in [1.29, 1.82) is 0 Å². The first kappa shape index (κ1) is 16.1. The SMILES string of the molecule is O=C(O)COc1ccc(/C=N\Nc2ncc(Cl)cc2Cl)cc1. The molecule has 2 N–H and O–H groups in total. The first-order valence-corrected chi connectivity index (χ1v) is 6.85. The fraction of sp³-hybridized carbons (Fsp3) is 0.0714. The molecule has 0 radical (unpaired) electrons. The summed E-state index contributed by atoms with van der Waals surface area (Å²) in [5.41, 5.74) is 3.49. The Balaban J connectivity index is 1.94. The van der Waals surface area contributed by atoms with Gasteiger partial charge in [0.25, 0.3) is 0 Å². The lowest BCUT2D eigenvalue weighted by Gasteiger charge is -2.03. The second kappa shape index (κ2) is 7.63. The largest absolute Gasteiger partial charge is 0.482 e. The van der Waals surface area contributed by atoms with Gasteiger partial charge in [-0.05, 0) is 35.9 Å². The van der Waals surface area contributed by atoms with Crippen LogP contribution in [0.15, 0.2) is 41.6 Å². The Kier molecular flexibility index (Phi) is 5.57. The molecule has 2 rings (SSSR count). The second-order valence-electron chi connectivity index (χ2n) is 4.11. The third kappa shape index (κ3) is 4.91. The van der Waals surface area contributed by atoms with E-state index in [2.05, 4.69) is 15.5 Å². The van der Waals surface area contributed by atoms with Gasteiger partial charge >= 0.3 is 5.97 Å². The summed E-state index contributed by atoms with van der Waals surface area (Å²) in [6.45, 7) is -0.379. The van der Waals surface area contributed by atoms with E-state index in [4.69, 9.17) is 33.0 Å². The van der Waals surface area contributed by atoms with Crippen LogP contribution in [0.1, 0.15) is 5.56 Å². The van der Waals surface area contributed by atoms with Crippen molar-refractivity contribution in [2.45, 2.75) is 0 Å². The molecule has 8 heteroatoms. The van der Waals surface area contributed by atoms with E-state index in [0.29, 0.717) is 21.6 Å². The average molecular weight is 340 g/mol. The fourth-order valence-corrected chi connectivity index (χ4v) is 1.88. The normalized spacial score (nSPS) is 10.6. The number of hydrogen-bond acceptors (Lipinski definition) is 5. The summed E-state index contributed by atoms with van der Waals surface area (Å²) in [6.07, 6.45) is 3.02. The number of aliphatic carboxylic acids is 1. The zero-order valence-electron chi connectivity index (χ0n) is 11.2. The van der Waals surface area contributed by atoms with Gasteiger partial charge in [-0.3, -0.25) is 5.43 Å². The molecular weight excluding hydrogens is 329 g/mol. The number of carboxylic acid groups (broad SMARTS) is 1. The minimum absolute atomic E-state index is 0.363. The monoisotopic (exact) mass is 339 g/mol. The first-order chi connectivity index (χ1) is 10.5. The number of halogens is 2. The predicted molar refractivity (Wildman–Crippen MR) is 85.0 cm³/mol. The summed E-state index contributed by atoms with van der Waals surface area (Å²) in [7, 11) is 0. The third-order valence-electron chi connectivity index (χ3n) is 2.43. The Morgan fingerprint density at radius 1 is 1.36 bits per heavy atom. The van der Waals surface area contributed by atoms with E-state index in [9.17, 15) is 4.79 Å². The zero-order valence-corrected chi connectivity index (χ0v) is 12.7. The molecule has 1 aromatic heterocycles. The van der Waals surface area contributed by atoms with Crippen LogP contribution in [0.25, 0.3) is 0 Å². The van der Waals surface area contributed by atoms with E-state index >= 15 is 0 Å². The van der Waals surface area contributed by atoms with Crippen LogP contribution in [0.5, 0.6) is 5.75 Å². The molecule has 6 nitrogen and oxygen atoms in total. The fourth-order valence-electron chi connectivity index (χ4n) is 1.46. The summed E-state index contributed by atoms with van der Waals surface area (Å²) >= 11 is 11.7. The minimum Gasteiger partial charge on any atom is -0.482 e. The number of carboxylic acids is 1. The molecule has 0 saturated heterocycles. The van der Waals surface area contributed by atoms with Crippen LogP contribution in [0.4, 0.5) is 5.82 Å². The number of hydrogen-bond donors (Lipinski definition) is 2. The molecular formula is C14H11Cl2N3O3. The Labute approximate surface area is 136 Å². The quantitative estimate of drug-likeness (QED) is 0.623.